The first-order chi connectivity index (χ1) is 20.6. The van der Waals surface area contributed by atoms with Crippen LogP contribution in [0, 0.1) is 11.8 Å². The van der Waals surface area contributed by atoms with Crippen molar-refractivity contribution in [3.05, 3.63) is 41.2 Å². The van der Waals surface area contributed by atoms with E-state index in [0.717, 1.165) is 19.3 Å². The summed E-state index contributed by atoms with van der Waals surface area (Å²) >= 11 is 0. The monoisotopic (exact) mass is 596 g/mol. The number of piperazine rings is 1. The molecule has 2 aliphatic carbocycles. The maximum absolute atomic E-state index is 13.5. The van der Waals surface area contributed by atoms with Gasteiger partial charge in [0.05, 0.1) is 30.2 Å². The molecule has 1 amide bonds. The van der Waals surface area contributed by atoms with E-state index < -0.39 is 17.9 Å². The number of rotatable bonds is 7. The van der Waals surface area contributed by atoms with Gasteiger partial charge in [-0.15, -0.1) is 0 Å². The van der Waals surface area contributed by atoms with Crippen molar-refractivity contribution in [2.45, 2.75) is 81.7 Å². The molecule has 2 aromatic heterocycles. The van der Waals surface area contributed by atoms with Crippen LogP contribution in [0.25, 0.3) is 0 Å². The number of alkyl halides is 3. The van der Waals surface area contributed by atoms with E-state index in [0.29, 0.717) is 56.1 Å². The number of piperidine rings is 1. The molecule has 2 aromatic rings. The smallest absolute Gasteiger partial charge is 0.337 e. The number of hydrogen-bond acceptors (Lipinski definition) is 9. The fourth-order valence-electron chi connectivity index (χ4n) is 8.10. The highest BCUT2D eigenvalue weighted by molar-refractivity contribution is 5.92. The summed E-state index contributed by atoms with van der Waals surface area (Å²) < 4.78 is 42.6. The minimum atomic E-state index is -4.73. The molecule has 6 bridgehead atoms. The topological polar surface area (TPSA) is 107 Å². The molecule has 8 aliphatic rings. The molecule has 0 aromatic carbocycles. The van der Waals surface area contributed by atoms with Gasteiger partial charge in [0.15, 0.2) is 0 Å². The molecular formula is C29H35F3N10O. The summed E-state index contributed by atoms with van der Waals surface area (Å²) in [5, 5.41) is 7.83. The van der Waals surface area contributed by atoms with Gasteiger partial charge >= 0.3 is 6.18 Å². The molecular weight excluding hydrogens is 561 g/mol. The van der Waals surface area contributed by atoms with E-state index in [9.17, 15) is 18.0 Å². The van der Waals surface area contributed by atoms with Crippen molar-refractivity contribution in [1.29, 1.82) is 0 Å². The molecule has 1 N–H and O–H groups in total. The lowest BCUT2D eigenvalue weighted by atomic mass is 9.46. The largest absolute Gasteiger partial charge is 0.451 e. The predicted molar refractivity (Wildman–Crippen MR) is 150 cm³/mol. The molecule has 5 atom stereocenters. The third-order valence-electron chi connectivity index (χ3n) is 10.4. The molecule has 8 heterocycles. The highest BCUT2D eigenvalue weighted by Gasteiger charge is 2.77. The third kappa shape index (κ3) is 4.08. The Morgan fingerprint density at radius 1 is 1.14 bits per heavy atom. The SMILES string of the molecule is CC(C)NCc1cc(C(=O)N2CCN(C3CC(n4cc(C56N=CN7C8N=CCC5C7C86)cn4)C3)CC2)nc(C(F)(F)F)n1. The van der Waals surface area contributed by atoms with E-state index in [1.807, 2.05) is 26.4 Å². The van der Waals surface area contributed by atoms with E-state index in [1.54, 1.807) is 4.90 Å². The summed E-state index contributed by atoms with van der Waals surface area (Å²) in [4.78, 5) is 36.5. The second-order valence-electron chi connectivity index (χ2n) is 13.0. The van der Waals surface area contributed by atoms with Gasteiger partial charge in [-0.25, -0.2) is 9.97 Å². The van der Waals surface area contributed by atoms with Crippen molar-refractivity contribution in [3.8, 4) is 0 Å². The number of nitrogens with zero attached hydrogens (tertiary/aromatic N) is 9. The lowest BCUT2D eigenvalue weighted by Gasteiger charge is -2.73. The Kier molecular flexibility index (Phi) is 6.04. The van der Waals surface area contributed by atoms with Crippen LogP contribution >= 0.6 is 0 Å². The standard InChI is InChI=1S/C29H35F3N10O/c1-16(2)34-13-18-9-22(38-27(37-18)29(30,31)32)26(43)40-7-5-39(6-8-40)19-10-20(11-19)42-14-17(12-36-42)28-21-3-4-33-25-23(28)24(21)41(25)15-35-28/h4,9,12,14-16,19-21,23-25,34H,3,5-8,10-11,13H2,1-2H3. The van der Waals surface area contributed by atoms with Crippen molar-refractivity contribution < 1.29 is 18.0 Å². The summed E-state index contributed by atoms with van der Waals surface area (Å²) in [5.41, 5.74) is 0.973. The molecule has 6 aliphatic heterocycles. The number of aromatic nitrogens is 4. The maximum Gasteiger partial charge on any atom is 0.451 e. The van der Waals surface area contributed by atoms with Crippen LogP contribution in [0.15, 0.2) is 28.4 Å². The van der Waals surface area contributed by atoms with Gasteiger partial charge in [-0.3, -0.25) is 24.4 Å². The number of carbonyl (C=O) groups excluding carboxylic acids is 1. The van der Waals surface area contributed by atoms with Gasteiger partial charge in [-0.1, -0.05) is 13.8 Å². The second-order valence-corrected chi connectivity index (χ2v) is 13.0. The summed E-state index contributed by atoms with van der Waals surface area (Å²) in [6.07, 6.45) is 6.73. The van der Waals surface area contributed by atoms with Gasteiger partial charge in [0.1, 0.15) is 17.4 Å². The molecule has 11 nitrogen and oxygen atoms in total. The van der Waals surface area contributed by atoms with Crippen LogP contribution in [0.1, 0.15) is 66.7 Å². The zero-order chi connectivity index (χ0) is 29.7. The van der Waals surface area contributed by atoms with Crippen molar-refractivity contribution in [2.75, 3.05) is 26.2 Å². The summed E-state index contributed by atoms with van der Waals surface area (Å²) in [5.74, 6) is -0.835. The number of aliphatic imine (C=N–C) groups is 2. The molecule has 43 heavy (non-hydrogen) atoms. The van der Waals surface area contributed by atoms with Crippen molar-refractivity contribution in [2.24, 2.45) is 21.8 Å². The molecule has 2 saturated carbocycles. The van der Waals surface area contributed by atoms with E-state index in [1.165, 1.54) is 11.6 Å². The minimum Gasteiger partial charge on any atom is -0.337 e. The van der Waals surface area contributed by atoms with Gasteiger partial charge in [0.2, 0.25) is 5.82 Å². The zero-order valence-electron chi connectivity index (χ0n) is 24.2. The van der Waals surface area contributed by atoms with Gasteiger partial charge in [0, 0.05) is 74.7 Å². The highest BCUT2D eigenvalue weighted by atomic mass is 19.4. The molecule has 4 fully saturated rings. The first kappa shape index (κ1) is 27.2. The zero-order valence-corrected chi connectivity index (χ0v) is 24.2. The number of nitrogens with one attached hydrogen (secondary N) is 1. The van der Waals surface area contributed by atoms with E-state index >= 15 is 0 Å². The molecule has 0 radical (unpaired) electrons. The van der Waals surface area contributed by atoms with E-state index in [4.69, 9.17) is 15.1 Å². The Morgan fingerprint density at radius 3 is 2.67 bits per heavy atom. The molecule has 10 rings (SSSR count). The van der Waals surface area contributed by atoms with Crippen LogP contribution in [-0.4, -0.2) is 103 Å². The van der Waals surface area contributed by atoms with Crippen LogP contribution in [0.4, 0.5) is 13.2 Å². The van der Waals surface area contributed by atoms with Crippen molar-refractivity contribution >= 4 is 18.5 Å². The Bertz CT molecular complexity index is 1480. The molecule has 228 valence electrons. The Hall–Kier alpha value is -3.39. The Morgan fingerprint density at radius 2 is 1.93 bits per heavy atom. The Labute approximate surface area is 247 Å². The van der Waals surface area contributed by atoms with E-state index in [-0.39, 0.29) is 35.7 Å². The maximum atomic E-state index is 13.5. The number of halogens is 3. The summed E-state index contributed by atoms with van der Waals surface area (Å²) in [6, 6.07) is 2.72. The third-order valence-corrected chi connectivity index (χ3v) is 10.4. The van der Waals surface area contributed by atoms with Crippen LogP contribution in [0.3, 0.4) is 0 Å². The van der Waals surface area contributed by atoms with E-state index in [2.05, 4.69) is 42.2 Å². The quantitative estimate of drug-likeness (QED) is 0.523. The number of fused-ring (bicyclic) bond motifs is 1. The predicted octanol–water partition coefficient (Wildman–Crippen LogP) is 2.32. The number of amides is 1. The average molecular weight is 597 g/mol. The fraction of sp³-hybridized carbons (Fsp3) is 0.655. The lowest BCUT2D eigenvalue weighted by Crippen LogP contribution is -2.84. The fourth-order valence-corrected chi connectivity index (χ4v) is 8.10. The Balaban J connectivity index is 0.878. The van der Waals surface area contributed by atoms with Gasteiger partial charge < -0.3 is 15.1 Å². The minimum absolute atomic E-state index is 0.0628. The van der Waals surface area contributed by atoms with Crippen molar-refractivity contribution in [3.63, 3.8) is 0 Å². The van der Waals surface area contributed by atoms with Crippen LogP contribution in [0.5, 0.6) is 0 Å². The first-order valence-corrected chi connectivity index (χ1v) is 15.2. The summed E-state index contributed by atoms with van der Waals surface area (Å²) in [6.45, 7) is 6.15. The van der Waals surface area contributed by atoms with Gasteiger partial charge in [0.25, 0.3) is 5.91 Å². The highest BCUT2D eigenvalue weighted by Crippen LogP contribution is 2.68. The second kappa shape index (κ2) is 9.55. The first-order valence-electron chi connectivity index (χ1n) is 15.2. The number of carbonyl (C=O) groups is 1. The van der Waals surface area contributed by atoms with Gasteiger partial charge in [-0.2, -0.15) is 18.3 Å². The molecule has 0 spiro atoms. The lowest BCUT2D eigenvalue weighted by molar-refractivity contribution is -0.195. The average Bonchev–Trinajstić information content (AvgIpc) is 3.19. The van der Waals surface area contributed by atoms with Crippen LogP contribution < -0.4 is 5.32 Å². The molecule has 5 unspecified atom stereocenters. The molecule has 14 heteroatoms. The molecule has 2 saturated heterocycles. The van der Waals surface area contributed by atoms with Crippen LogP contribution in [-0.2, 0) is 18.3 Å². The van der Waals surface area contributed by atoms with Crippen LogP contribution in [0.2, 0.25) is 0 Å². The van der Waals surface area contributed by atoms with Gasteiger partial charge in [-0.05, 0) is 25.3 Å². The summed E-state index contributed by atoms with van der Waals surface area (Å²) in [7, 11) is 0. The van der Waals surface area contributed by atoms with Crippen molar-refractivity contribution in [1.82, 2.24) is 39.8 Å². The normalized spacial score (nSPS) is 34.2. The number of hydrogen-bond donors (Lipinski definition) is 1.